The second-order valence-electron chi connectivity index (χ2n) is 7.09. The molecular weight excluding hydrogens is 322 g/mol. The van der Waals surface area contributed by atoms with Crippen molar-refractivity contribution in [2.45, 2.75) is 39.2 Å². The molecule has 1 aromatic heterocycles. The molecule has 1 saturated heterocycles. The number of aromatic nitrogens is 2. The topological polar surface area (TPSA) is 30.3 Å². The van der Waals surface area contributed by atoms with Crippen LogP contribution in [0.4, 0.5) is 5.69 Å². The molecule has 0 radical (unpaired) electrons. The van der Waals surface area contributed by atoms with Crippen LogP contribution in [0.25, 0.3) is 16.7 Å². The molecule has 26 heavy (non-hydrogen) atoms. The lowest BCUT2D eigenvalue weighted by Crippen LogP contribution is -2.17. The predicted molar refractivity (Wildman–Crippen MR) is 107 cm³/mol. The maximum absolute atomic E-state index is 5.85. The molecule has 1 aliphatic heterocycles. The van der Waals surface area contributed by atoms with Gasteiger partial charge in [0, 0.05) is 31.1 Å². The van der Waals surface area contributed by atoms with E-state index in [1.165, 1.54) is 29.8 Å². The summed E-state index contributed by atoms with van der Waals surface area (Å²) in [7, 11) is 0. The summed E-state index contributed by atoms with van der Waals surface area (Å²) in [6.45, 7) is 7.35. The normalized spacial score (nSPS) is 15.7. The quantitative estimate of drug-likeness (QED) is 0.619. The predicted octanol–water partition coefficient (Wildman–Crippen LogP) is 5.11. The number of hydrogen-bond donors (Lipinski definition) is 0. The molecule has 4 nitrogen and oxygen atoms in total. The van der Waals surface area contributed by atoms with Crippen LogP contribution < -0.4 is 4.90 Å². The van der Waals surface area contributed by atoms with Crippen molar-refractivity contribution in [1.29, 1.82) is 0 Å². The number of nitrogens with zero attached hydrogens (tertiary/aromatic N) is 3. The molecule has 4 heteroatoms. The van der Waals surface area contributed by atoms with Crippen molar-refractivity contribution in [3.8, 4) is 5.69 Å². The molecule has 2 aromatic carbocycles. The van der Waals surface area contributed by atoms with Crippen LogP contribution in [0, 0.1) is 0 Å². The Morgan fingerprint density at radius 1 is 1.08 bits per heavy atom. The summed E-state index contributed by atoms with van der Waals surface area (Å²) in [4.78, 5) is 7.11. The fraction of sp³-hybridized carbons (Fsp3) is 0.409. The van der Waals surface area contributed by atoms with Gasteiger partial charge in [0.1, 0.15) is 6.33 Å². The summed E-state index contributed by atoms with van der Waals surface area (Å²) in [5.41, 5.74) is 5.80. The van der Waals surface area contributed by atoms with Crippen LogP contribution in [0.15, 0.2) is 48.8 Å². The molecule has 0 N–H and O–H groups in total. The van der Waals surface area contributed by atoms with E-state index in [1.54, 1.807) is 0 Å². The molecule has 4 rings (SSSR count). The third-order valence-electron chi connectivity index (χ3n) is 5.19. The van der Waals surface area contributed by atoms with Crippen molar-refractivity contribution >= 4 is 16.7 Å². The lowest BCUT2D eigenvalue weighted by molar-refractivity contribution is 0.0663. The summed E-state index contributed by atoms with van der Waals surface area (Å²) < 4.78 is 8.03. The number of imidazole rings is 1. The van der Waals surface area contributed by atoms with Crippen LogP contribution in [-0.2, 0) is 4.74 Å². The average molecular weight is 349 g/mol. The minimum atomic E-state index is 0.1000. The van der Waals surface area contributed by atoms with Gasteiger partial charge in [0.2, 0.25) is 0 Å². The third kappa shape index (κ3) is 3.34. The van der Waals surface area contributed by atoms with Gasteiger partial charge < -0.3 is 9.64 Å². The van der Waals surface area contributed by atoms with Crippen molar-refractivity contribution in [3.63, 3.8) is 0 Å². The van der Waals surface area contributed by atoms with Crippen LogP contribution in [0.1, 0.15) is 44.8 Å². The first-order chi connectivity index (χ1) is 12.8. The van der Waals surface area contributed by atoms with Gasteiger partial charge in [0.15, 0.2) is 0 Å². The van der Waals surface area contributed by atoms with Crippen LogP contribution in [-0.4, -0.2) is 29.2 Å². The average Bonchev–Trinajstić information content (AvgIpc) is 3.35. The smallest absolute Gasteiger partial charge is 0.100 e. The third-order valence-corrected chi connectivity index (χ3v) is 5.19. The van der Waals surface area contributed by atoms with Crippen molar-refractivity contribution < 1.29 is 4.74 Å². The van der Waals surface area contributed by atoms with Gasteiger partial charge in [0.05, 0.1) is 17.1 Å². The summed E-state index contributed by atoms with van der Waals surface area (Å²) in [5.74, 6) is 0. The van der Waals surface area contributed by atoms with E-state index in [9.17, 15) is 0 Å². The monoisotopic (exact) mass is 349 g/mol. The van der Waals surface area contributed by atoms with E-state index in [4.69, 9.17) is 4.74 Å². The van der Waals surface area contributed by atoms with Crippen LogP contribution >= 0.6 is 0 Å². The molecule has 0 spiro atoms. The van der Waals surface area contributed by atoms with E-state index in [0.29, 0.717) is 0 Å². The van der Waals surface area contributed by atoms with E-state index in [2.05, 4.69) is 70.8 Å². The Morgan fingerprint density at radius 3 is 2.69 bits per heavy atom. The van der Waals surface area contributed by atoms with Crippen molar-refractivity contribution in [1.82, 2.24) is 9.55 Å². The summed E-state index contributed by atoms with van der Waals surface area (Å²) >= 11 is 0. The van der Waals surface area contributed by atoms with E-state index in [1.807, 2.05) is 6.33 Å². The van der Waals surface area contributed by atoms with Gasteiger partial charge >= 0.3 is 0 Å². The summed E-state index contributed by atoms with van der Waals surface area (Å²) in [6, 6.07) is 15.2. The van der Waals surface area contributed by atoms with Gasteiger partial charge in [-0.2, -0.15) is 0 Å². The van der Waals surface area contributed by atoms with Crippen molar-refractivity contribution in [3.05, 3.63) is 54.4 Å². The first-order valence-corrected chi connectivity index (χ1v) is 9.70. The minimum Gasteiger partial charge on any atom is -0.374 e. The zero-order chi connectivity index (χ0) is 17.9. The van der Waals surface area contributed by atoms with Gasteiger partial charge in [0.25, 0.3) is 0 Å². The highest BCUT2D eigenvalue weighted by Crippen LogP contribution is 2.27. The minimum absolute atomic E-state index is 0.1000. The Balaban J connectivity index is 1.64. The number of rotatable bonds is 6. The number of fused-ring (bicyclic) bond motifs is 1. The fourth-order valence-electron chi connectivity index (χ4n) is 3.69. The lowest BCUT2D eigenvalue weighted by Gasteiger charge is -2.18. The highest BCUT2D eigenvalue weighted by Gasteiger charge is 2.14. The van der Waals surface area contributed by atoms with Crippen LogP contribution in [0.2, 0.25) is 0 Å². The van der Waals surface area contributed by atoms with E-state index < -0.39 is 0 Å². The highest BCUT2D eigenvalue weighted by molar-refractivity contribution is 5.78. The first-order valence-electron chi connectivity index (χ1n) is 9.70. The van der Waals surface area contributed by atoms with Gasteiger partial charge in [-0.25, -0.2) is 4.98 Å². The molecule has 0 bridgehead atoms. The Kier molecular flexibility index (Phi) is 4.93. The maximum Gasteiger partial charge on any atom is 0.100 e. The zero-order valence-corrected chi connectivity index (χ0v) is 15.7. The molecule has 0 aliphatic carbocycles. The van der Waals surface area contributed by atoms with Gasteiger partial charge in [-0.05, 0) is 62.1 Å². The Labute approximate surface area is 155 Å². The second-order valence-corrected chi connectivity index (χ2v) is 7.09. The molecule has 1 unspecified atom stereocenters. The second kappa shape index (κ2) is 7.50. The van der Waals surface area contributed by atoms with E-state index >= 15 is 0 Å². The Bertz CT molecular complexity index is 880. The van der Waals surface area contributed by atoms with Crippen molar-refractivity contribution in [2.24, 2.45) is 0 Å². The largest absolute Gasteiger partial charge is 0.374 e. The van der Waals surface area contributed by atoms with Crippen LogP contribution in [0.5, 0.6) is 0 Å². The number of ether oxygens (including phenoxy) is 1. The van der Waals surface area contributed by atoms with Crippen LogP contribution in [0.3, 0.4) is 0 Å². The molecule has 0 amide bonds. The standard InChI is InChI=1S/C22H27N3O/c1-3-13-26-17(2)18-9-10-22-21(14-18)23-16-25(22)20-8-6-7-19(15-20)24-11-4-5-12-24/h6-10,14-17H,3-5,11-13H2,1-2H3. The zero-order valence-electron chi connectivity index (χ0n) is 15.7. The molecule has 1 atom stereocenters. The highest BCUT2D eigenvalue weighted by atomic mass is 16.5. The number of anilines is 1. The molecule has 0 saturated carbocycles. The lowest BCUT2D eigenvalue weighted by atomic mass is 10.1. The molecule has 1 aliphatic rings. The van der Waals surface area contributed by atoms with Gasteiger partial charge in [-0.1, -0.05) is 19.1 Å². The Hall–Kier alpha value is -2.33. The maximum atomic E-state index is 5.85. The SMILES string of the molecule is CCCOC(C)c1ccc2c(c1)ncn2-c1cccc(N2CCCC2)c1. The molecule has 3 aromatic rings. The fourth-order valence-corrected chi connectivity index (χ4v) is 3.69. The summed E-state index contributed by atoms with van der Waals surface area (Å²) in [6.07, 6.45) is 5.64. The number of hydrogen-bond acceptors (Lipinski definition) is 3. The molecule has 136 valence electrons. The van der Waals surface area contributed by atoms with Crippen molar-refractivity contribution in [2.75, 3.05) is 24.6 Å². The summed E-state index contributed by atoms with van der Waals surface area (Å²) in [5, 5.41) is 0. The molecule has 1 fully saturated rings. The first kappa shape index (κ1) is 17.1. The van der Waals surface area contributed by atoms with Gasteiger partial charge in [-0.3, -0.25) is 4.57 Å². The van der Waals surface area contributed by atoms with E-state index in [-0.39, 0.29) is 6.10 Å². The molecular formula is C22H27N3O. The number of benzene rings is 2. The molecule has 2 heterocycles. The Morgan fingerprint density at radius 2 is 1.88 bits per heavy atom. The van der Waals surface area contributed by atoms with E-state index in [0.717, 1.165) is 37.2 Å². The van der Waals surface area contributed by atoms with Gasteiger partial charge in [-0.15, -0.1) is 0 Å².